The van der Waals surface area contributed by atoms with Crippen molar-refractivity contribution in [1.29, 1.82) is 0 Å². The normalized spacial score (nSPS) is 20.5. The van der Waals surface area contributed by atoms with Crippen LogP contribution < -0.4 is 15.4 Å². The average Bonchev–Trinajstić information content (AvgIpc) is 2.43. The fourth-order valence-electron chi connectivity index (χ4n) is 3.93. The predicted octanol–water partition coefficient (Wildman–Crippen LogP) is 3.40. The number of amides is 1. The summed E-state index contributed by atoms with van der Waals surface area (Å²) < 4.78 is 5.20. The lowest BCUT2D eigenvalue weighted by Gasteiger charge is -2.47. The van der Waals surface area contributed by atoms with Crippen molar-refractivity contribution in [2.24, 2.45) is 0 Å². The molecule has 0 saturated carbocycles. The number of methoxy groups -OCH3 is 1. The van der Waals surface area contributed by atoms with Gasteiger partial charge in [0.1, 0.15) is 5.75 Å². The van der Waals surface area contributed by atoms with Crippen LogP contribution in [0.2, 0.25) is 0 Å². The van der Waals surface area contributed by atoms with Crippen LogP contribution in [0.5, 0.6) is 5.75 Å². The van der Waals surface area contributed by atoms with Gasteiger partial charge in [-0.05, 0) is 72.1 Å². The summed E-state index contributed by atoms with van der Waals surface area (Å²) in [5, 5.41) is 6.94. The molecule has 1 amide bonds. The standard InChI is InChI=1S/C20H32N2O2/c1-18(2)12-15(13-19(3,4)22-18)21-17(23)20(5,6)14-8-10-16(24-7)11-9-14/h8-11,15,22H,12-13H2,1-7H3,(H,21,23). The van der Waals surface area contributed by atoms with Gasteiger partial charge < -0.3 is 15.4 Å². The van der Waals surface area contributed by atoms with Crippen molar-refractivity contribution in [3.63, 3.8) is 0 Å². The molecular formula is C20H32N2O2. The zero-order chi connectivity index (χ0) is 18.2. The molecule has 0 aromatic heterocycles. The van der Waals surface area contributed by atoms with Gasteiger partial charge in [0.25, 0.3) is 0 Å². The Morgan fingerprint density at radius 3 is 2.08 bits per heavy atom. The topological polar surface area (TPSA) is 50.4 Å². The van der Waals surface area contributed by atoms with Crippen molar-refractivity contribution in [3.05, 3.63) is 29.8 Å². The van der Waals surface area contributed by atoms with E-state index >= 15 is 0 Å². The Kier molecular flexibility index (Phi) is 5.01. The number of carbonyl (C=O) groups excluding carboxylic acids is 1. The molecule has 1 saturated heterocycles. The summed E-state index contributed by atoms with van der Waals surface area (Å²) in [6.07, 6.45) is 1.86. The monoisotopic (exact) mass is 332 g/mol. The second kappa shape index (κ2) is 6.40. The number of hydrogen-bond donors (Lipinski definition) is 2. The third-order valence-corrected chi connectivity index (χ3v) is 4.90. The summed E-state index contributed by atoms with van der Waals surface area (Å²) in [4.78, 5) is 12.9. The Hall–Kier alpha value is -1.55. The summed E-state index contributed by atoms with van der Waals surface area (Å²) in [6, 6.07) is 7.92. The van der Waals surface area contributed by atoms with E-state index in [4.69, 9.17) is 4.74 Å². The minimum Gasteiger partial charge on any atom is -0.497 e. The van der Waals surface area contributed by atoms with Gasteiger partial charge in [-0.2, -0.15) is 0 Å². The van der Waals surface area contributed by atoms with E-state index in [1.54, 1.807) is 7.11 Å². The molecule has 4 heteroatoms. The average molecular weight is 332 g/mol. The van der Waals surface area contributed by atoms with Crippen LogP contribution in [0.3, 0.4) is 0 Å². The first-order valence-corrected chi connectivity index (χ1v) is 8.70. The fraction of sp³-hybridized carbons (Fsp3) is 0.650. The van der Waals surface area contributed by atoms with Gasteiger partial charge in [0.05, 0.1) is 12.5 Å². The maximum atomic E-state index is 12.9. The zero-order valence-electron chi connectivity index (χ0n) is 16.1. The van der Waals surface area contributed by atoms with Crippen LogP contribution in [0.15, 0.2) is 24.3 Å². The predicted molar refractivity (Wildman–Crippen MR) is 98.5 cm³/mol. The van der Waals surface area contributed by atoms with Crippen molar-refractivity contribution in [2.45, 2.75) is 76.9 Å². The molecule has 0 atom stereocenters. The van der Waals surface area contributed by atoms with Gasteiger partial charge in [-0.25, -0.2) is 0 Å². The number of nitrogens with one attached hydrogen (secondary N) is 2. The Bertz CT molecular complexity index is 572. The van der Waals surface area contributed by atoms with Crippen LogP contribution in [-0.4, -0.2) is 30.1 Å². The summed E-state index contributed by atoms with van der Waals surface area (Å²) >= 11 is 0. The highest BCUT2D eigenvalue weighted by molar-refractivity contribution is 5.87. The van der Waals surface area contributed by atoms with E-state index in [2.05, 4.69) is 38.3 Å². The van der Waals surface area contributed by atoms with E-state index in [0.717, 1.165) is 24.2 Å². The van der Waals surface area contributed by atoms with Crippen molar-refractivity contribution in [3.8, 4) is 5.75 Å². The van der Waals surface area contributed by atoms with Gasteiger partial charge in [-0.1, -0.05) is 12.1 Å². The smallest absolute Gasteiger partial charge is 0.230 e. The molecule has 1 heterocycles. The second-order valence-corrected chi connectivity index (χ2v) is 8.82. The molecule has 1 fully saturated rings. The van der Waals surface area contributed by atoms with E-state index < -0.39 is 5.41 Å². The fourth-order valence-corrected chi connectivity index (χ4v) is 3.93. The molecule has 4 nitrogen and oxygen atoms in total. The molecule has 134 valence electrons. The lowest BCUT2D eigenvalue weighted by atomic mass is 9.78. The number of piperidine rings is 1. The van der Waals surface area contributed by atoms with Gasteiger partial charge in [0.2, 0.25) is 5.91 Å². The molecule has 1 aromatic rings. The van der Waals surface area contributed by atoms with E-state index in [1.165, 1.54) is 0 Å². The van der Waals surface area contributed by atoms with Gasteiger partial charge >= 0.3 is 0 Å². The molecular weight excluding hydrogens is 300 g/mol. The molecule has 1 aliphatic rings. The first kappa shape index (κ1) is 18.8. The van der Waals surface area contributed by atoms with Crippen molar-refractivity contribution >= 4 is 5.91 Å². The van der Waals surface area contributed by atoms with E-state index in [0.29, 0.717) is 0 Å². The highest BCUT2D eigenvalue weighted by atomic mass is 16.5. The van der Waals surface area contributed by atoms with Crippen LogP contribution >= 0.6 is 0 Å². The summed E-state index contributed by atoms with van der Waals surface area (Å²) in [5.74, 6) is 0.878. The van der Waals surface area contributed by atoms with Gasteiger partial charge in [0, 0.05) is 17.1 Å². The largest absolute Gasteiger partial charge is 0.497 e. The molecule has 1 aliphatic heterocycles. The Morgan fingerprint density at radius 2 is 1.62 bits per heavy atom. The number of rotatable bonds is 4. The van der Waals surface area contributed by atoms with Gasteiger partial charge in [-0.15, -0.1) is 0 Å². The highest BCUT2D eigenvalue weighted by Crippen LogP contribution is 2.30. The molecule has 0 unspecified atom stereocenters. The Morgan fingerprint density at radius 1 is 1.12 bits per heavy atom. The minimum atomic E-state index is -0.578. The van der Waals surface area contributed by atoms with Crippen molar-refractivity contribution in [1.82, 2.24) is 10.6 Å². The first-order valence-electron chi connectivity index (χ1n) is 8.70. The number of ether oxygens (including phenoxy) is 1. The summed E-state index contributed by atoms with van der Waals surface area (Å²) in [6.45, 7) is 12.7. The van der Waals surface area contributed by atoms with Crippen LogP contribution in [-0.2, 0) is 10.2 Å². The molecule has 2 rings (SSSR count). The maximum absolute atomic E-state index is 12.9. The van der Waals surface area contributed by atoms with Crippen LogP contribution in [0.4, 0.5) is 0 Å². The van der Waals surface area contributed by atoms with E-state index in [9.17, 15) is 4.79 Å². The Balaban J connectivity index is 2.12. The Labute approximate surface area is 146 Å². The van der Waals surface area contributed by atoms with Crippen LogP contribution in [0.25, 0.3) is 0 Å². The molecule has 2 N–H and O–H groups in total. The maximum Gasteiger partial charge on any atom is 0.230 e. The van der Waals surface area contributed by atoms with Gasteiger partial charge in [0.15, 0.2) is 0 Å². The second-order valence-electron chi connectivity index (χ2n) is 8.82. The van der Waals surface area contributed by atoms with Crippen LogP contribution in [0.1, 0.15) is 59.9 Å². The SMILES string of the molecule is COc1ccc(C(C)(C)C(=O)NC2CC(C)(C)NC(C)(C)C2)cc1. The lowest BCUT2D eigenvalue weighted by molar-refractivity contribution is -0.127. The molecule has 1 aromatic carbocycles. The van der Waals surface area contributed by atoms with Crippen LogP contribution in [0, 0.1) is 0 Å². The minimum absolute atomic E-state index is 0.0178. The first-order chi connectivity index (χ1) is 11.0. The summed E-state index contributed by atoms with van der Waals surface area (Å²) in [5.41, 5.74) is 0.451. The zero-order valence-corrected chi connectivity index (χ0v) is 16.1. The molecule has 24 heavy (non-hydrogen) atoms. The summed E-state index contributed by atoms with van der Waals surface area (Å²) in [7, 11) is 1.65. The molecule has 0 bridgehead atoms. The highest BCUT2D eigenvalue weighted by Gasteiger charge is 2.40. The number of hydrogen-bond acceptors (Lipinski definition) is 3. The third kappa shape index (κ3) is 4.29. The number of benzene rings is 1. The quantitative estimate of drug-likeness (QED) is 0.888. The van der Waals surface area contributed by atoms with Crippen molar-refractivity contribution < 1.29 is 9.53 Å². The van der Waals surface area contributed by atoms with Crippen molar-refractivity contribution in [2.75, 3.05) is 7.11 Å². The number of carbonyl (C=O) groups is 1. The van der Waals surface area contributed by atoms with E-state index in [-0.39, 0.29) is 23.0 Å². The molecule has 0 radical (unpaired) electrons. The third-order valence-electron chi connectivity index (χ3n) is 4.90. The van der Waals surface area contributed by atoms with E-state index in [1.807, 2.05) is 38.1 Å². The molecule has 0 spiro atoms. The lowest BCUT2D eigenvalue weighted by Crippen LogP contribution is -2.63. The van der Waals surface area contributed by atoms with Gasteiger partial charge in [-0.3, -0.25) is 4.79 Å². The molecule has 0 aliphatic carbocycles.